The molecule has 28 heavy (non-hydrogen) atoms. The van der Waals surface area contributed by atoms with Crippen LogP contribution >= 0.6 is 11.8 Å². The van der Waals surface area contributed by atoms with Crippen molar-refractivity contribution in [3.05, 3.63) is 70.4 Å². The first-order chi connectivity index (χ1) is 13.5. The number of hydrogen-bond acceptors (Lipinski definition) is 5. The van der Waals surface area contributed by atoms with E-state index in [9.17, 15) is 14.0 Å². The van der Waals surface area contributed by atoms with Gasteiger partial charge in [-0.2, -0.15) is 0 Å². The maximum Gasteiger partial charge on any atom is 0.338 e. The molecule has 5 nitrogen and oxygen atoms in total. The Morgan fingerprint density at radius 3 is 2.71 bits per heavy atom. The number of esters is 1. The van der Waals surface area contributed by atoms with E-state index in [0.29, 0.717) is 27.9 Å². The molecule has 0 atom stereocenters. The fourth-order valence-corrected chi connectivity index (χ4v) is 3.44. The van der Waals surface area contributed by atoms with Crippen LogP contribution in [0.3, 0.4) is 0 Å². The molecule has 2 aromatic carbocycles. The average Bonchev–Trinajstić information content (AvgIpc) is 2.96. The largest absolute Gasteiger partial charge is 0.462 e. The molecule has 1 aliphatic heterocycles. The van der Waals surface area contributed by atoms with E-state index in [4.69, 9.17) is 4.74 Å². The lowest BCUT2D eigenvalue weighted by Crippen LogP contribution is -2.23. The molecule has 3 rings (SSSR count). The Morgan fingerprint density at radius 1 is 1.25 bits per heavy atom. The summed E-state index contributed by atoms with van der Waals surface area (Å²) in [5.41, 5.74) is 1.69. The third kappa shape index (κ3) is 4.67. The zero-order valence-corrected chi connectivity index (χ0v) is 16.3. The highest BCUT2D eigenvalue weighted by Gasteiger charge is 2.30. The van der Waals surface area contributed by atoms with Gasteiger partial charge in [0.1, 0.15) is 5.82 Å². The van der Waals surface area contributed by atoms with Crippen molar-refractivity contribution in [2.24, 2.45) is 4.99 Å². The molecule has 0 aliphatic carbocycles. The summed E-state index contributed by atoms with van der Waals surface area (Å²) >= 11 is 1.23. The number of ether oxygens (including phenoxy) is 1. The Balaban J connectivity index is 1.82. The molecular weight excluding hydrogens is 379 g/mol. The van der Waals surface area contributed by atoms with Gasteiger partial charge in [-0.15, -0.1) is 0 Å². The van der Waals surface area contributed by atoms with Crippen molar-refractivity contribution >= 4 is 40.6 Å². The van der Waals surface area contributed by atoms with Crippen molar-refractivity contribution in [3.8, 4) is 0 Å². The van der Waals surface area contributed by atoms with Gasteiger partial charge in [0.05, 0.1) is 22.8 Å². The number of halogens is 1. The second-order valence-corrected chi connectivity index (χ2v) is 7.12. The van der Waals surface area contributed by atoms with Crippen LogP contribution in [0, 0.1) is 5.82 Å². The average molecular weight is 398 g/mol. The molecular formula is C21H19FN2O3S. The van der Waals surface area contributed by atoms with E-state index in [1.165, 1.54) is 28.8 Å². The van der Waals surface area contributed by atoms with Gasteiger partial charge in [-0.05, 0) is 60.2 Å². The van der Waals surface area contributed by atoms with Crippen LogP contribution in [-0.4, -0.2) is 35.6 Å². The van der Waals surface area contributed by atoms with Crippen LogP contribution in [-0.2, 0) is 9.53 Å². The van der Waals surface area contributed by atoms with Crippen LogP contribution in [0.15, 0.2) is 58.4 Å². The van der Waals surface area contributed by atoms with E-state index in [2.05, 4.69) is 4.99 Å². The number of likely N-dealkylation sites (N-methyl/N-ethyl adjacent to an activating group) is 1. The van der Waals surface area contributed by atoms with Crippen molar-refractivity contribution < 1.29 is 18.7 Å². The molecule has 1 amide bonds. The number of nitrogens with zero attached hydrogens (tertiary/aromatic N) is 2. The lowest BCUT2D eigenvalue weighted by Gasteiger charge is -2.08. The summed E-state index contributed by atoms with van der Waals surface area (Å²) in [6.45, 7) is 2.29. The maximum absolute atomic E-state index is 13.0. The van der Waals surface area contributed by atoms with Gasteiger partial charge in [-0.1, -0.05) is 25.1 Å². The van der Waals surface area contributed by atoms with Gasteiger partial charge in [0.2, 0.25) is 0 Å². The van der Waals surface area contributed by atoms with Gasteiger partial charge in [0.15, 0.2) is 5.17 Å². The molecule has 0 radical (unpaired) electrons. The molecule has 1 saturated heterocycles. The number of amides is 1. The van der Waals surface area contributed by atoms with Gasteiger partial charge < -0.3 is 4.74 Å². The highest BCUT2D eigenvalue weighted by molar-refractivity contribution is 8.18. The molecule has 0 saturated carbocycles. The summed E-state index contributed by atoms with van der Waals surface area (Å²) in [5.74, 6) is -0.917. The van der Waals surface area contributed by atoms with E-state index >= 15 is 0 Å². The number of hydrogen-bond donors (Lipinski definition) is 0. The Labute approximate surface area is 166 Å². The molecule has 0 N–H and O–H groups in total. The highest BCUT2D eigenvalue weighted by Crippen LogP contribution is 2.33. The summed E-state index contributed by atoms with van der Waals surface area (Å²) in [6, 6.07) is 12.7. The van der Waals surface area contributed by atoms with E-state index in [1.807, 2.05) is 6.92 Å². The highest BCUT2D eigenvalue weighted by atomic mass is 32.2. The van der Waals surface area contributed by atoms with Crippen molar-refractivity contribution in [1.29, 1.82) is 0 Å². The van der Waals surface area contributed by atoms with Gasteiger partial charge in [-0.3, -0.25) is 9.69 Å². The van der Waals surface area contributed by atoms with Gasteiger partial charge in [-0.25, -0.2) is 14.2 Å². The minimum Gasteiger partial charge on any atom is -0.462 e. The molecule has 0 bridgehead atoms. The summed E-state index contributed by atoms with van der Waals surface area (Å²) in [6.07, 6.45) is 2.45. The predicted molar refractivity (Wildman–Crippen MR) is 109 cm³/mol. The molecule has 1 fully saturated rings. The molecule has 0 unspecified atom stereocenters. The van der Waals surface area contributed by atoms with Crippen molar-refractivity contribution in [1.82, 2.24) is 4.90 Å². The number of rotatable bonds is 5. The van der Waals surface area contributed by atoms with E-state index < -0.39 is 5.97 Å². The Hall–Kier alpha value is -2.93. The number of benzene rings is 2. The molecule has 2 aromatic rings. The Bertz CT molecular complexity index is 954. The van der Waals surface area contributed by atoms with Crippen LogP contribution in [0.4, 0.5) is 10.1 Å². The van der Waals surface area contributed by atoms with Crippen LogP contribution in [0.5, 0.6) is 0 Å². The van der Waals surface area contributed by atoms with Gasteiger partial charge >= 0.3 is 5.97 Å². The van der Waals surface area contributed by atoms with Crippen LogP contribution in [0.2, 0.25) is 0 Å². The summed E-state index contributed by atoms with van der Waals surface area (Å²) in [4.78, 5) is 30.9. The van der Waals surface area contributed by atoms with Crippen LogP contribution in [0.1, 0.15) is 29.3 Å². The van der Waals surface area contributed by atoms with Crippen LogP contribution in [0.25, 0.3) is 6.08 Å². The minimum atomic E-state index is -0.399. The number of aliphatic imine (C=N–C) groups is 1. The first-order valence-corrected chi connectivity index (χ1v) is 9.58. The second-order valence-electron chi connectivity index (χ2n) is 6.11. The summed E-state index contributed by atoms with van der Waals surface area (Å²) in [5, 5.41) is 0.498. The maximum atomic E-state index is 13.0. The fraction of sp³-hybridized carbons (Fsp3) is 0.190. The molecule has 1 aliphatic rings. The lowest BCUT2D eigenvalue weighted by atomic mass is 10.2. The Kier molecular flexibility index (Phi) is 6.26. The van der Waals surface area contributed by atoms with E-state index in [0.717, 1.165) is 12.0 Å². The normalized spacial score (nSPS) is 16.8. The van der Waals surface area contributed by atoms with Crippen LogP contribution < -0.4 is 0 Å². The molecule has 0 spiro atoms. The van der Waals surface area contributed by atoms with Gasteiger partial charge in [0, 0.05) is 7.05 Å². The standard InChI is InChI=1S/C21H19FN2O3S/c1-3-11-27-20(26)15-5-4-6-17(13-15)23-21-24(2)19(25)18(28-21)12-14-7-9-16(22)10-8-14/h4-10,12-13H,3,11H2,1-2H3/b18-12+,23-21?. The number of amidine groups is 1. The van der Waals surface area contributed by atoms with E-state index in [1.54, 1.807) is 49.5 Å². The van der Waals surface area contributed by atoms with Crippen molar-refractivity contribution in [2.45, 2.75) is 13.3 Å². The summed E-state index contributed by atoms with van der Waals surface area (Å²) in [7, 11) is 1.64. The number of thioether (sulfide) groups is 1. The Morgan fingerprint density at radius 2 is 2.00 bits per heavy atom. The summed E-state index contributed by atoms with van der Waals surface area (Å²) < 4.78 is 18.2. The van der Waals surface area contributed by atoms with E-state index in [-0.39, 0.29) is 11.7 Å². The SMILES string of the molecule is CCCOC(=O)c1cccc(N=C2S/C(=C/c3ccc(F)cc3)C(=O)N2C)c1. The zero-order chi connectivity index (χ0) is 20.1. The molecule has 144 valence electrons. The topological polar surface area (TPSA) is 59.0 Å². The smallest absolute Gasteiger partial charge is 0.338 e. The first-order valence-electron chi connectivity index (χ1n) is 8.77. The van der Waals surface area contributed by atoms with Crippen molar-refractivity contribution in [2.75, 3.05) is 13.7 Å². The first kappa shape index (κ1) is 19.8. The number of carbonyl (C=O) groups excluding carboxylic acids is 2. The predicted octanol–water partition coefficient (Wildman–Crippen LogP) is 4.63. The lowest BCUT2D eigenvalue weighted by molar-refractivity contribution is -0.121. The second kappa shape index (κ2) is 8.84. The fourth-order valence-electron chi connectivity index (χ4n) is 2.45. The number of carbonyl (C=O) groups is 2. The third-order valence-corrected chi connectivity index (χ3v) is 4.98. The third-order valence-electron chi connectivity index (χ3n) is 3.92. The van der Waals surface area contributed by atoms with Crippen molar-refractivity contribution in [3.63, 3.8) is 0 Å². The zero-order valence-electron chi connectivity index (χ0n) is 15.5. The monoisotopic (exact) mass is 398 g/mol. The minimum absolute atomic E-state index is 0.188. The molecule has 7 heteroatoms. The molecule has 0 aromatic heterocycles. The molecule has 1 heterocycles. The quantitative estimate of drug-likeness (QED) is 0.544. The van der Waals surface area contributed by atoms with Gasteiger partial charge in [0.25, 0.3) is 5.91 Å².